The molecule has 0 amide bonds. The Morgan fingerprint density at radius 3 is 2.42 bits per heavy atom. The van der Waals surface area contributed by atoms with Crippen LogP contribution in [-0.2, 0) is 0 Å². The summed E-state index contributed by atoms with van der Waals surface area (Å²) in [6, 6.07) is 0.174. The molecule has 0 bridgehead atoms. The highest BCUT2D eigenvalue weighted by molar-refractivity contribution is 4.87. The van der Waals surface area contributed by atoms with E-state index in [-0.39, 0.29) is 37.5 Å². The molecule has 0 aromatic rings. The lowest BCUT2D eigenvalue weighted by molar-refractivity contribution is -0.184. The van der Waals surface area contributed by atoms with Crippen molar-refractivity contribution in [1.82, 2.24) is 5.32 Å². The van der Waals surface area contributed by atoms with Crippen molar-refractivity contribution in [3.05, 3.63) is 0 Å². The molecule has 4 unspecified atom stereocenters. The predicted molar refractivity (Wildman–Crippen MR) is 67.8 cm³/mol. The molecule has 19 heavy (non-hydrogen) atoms. The molecule has 0 spiro atoms. The molecule has 2 aliphatic rings. The van der Waals surface area contributed by atoms with Crippen molar-refractivity contribution in [3.63, 3.8) is 0 Å². The molecule has 0 saturated heterocycles. The highest BCUT2D eigenvalue weighted by Crippen LogP contribution is 2.38. The van der Waals surface area contributed by atoms with E-state index in [0.29, 0.717) is 6.42 Å². The van der Waals surface area contributed by atoms with Crippen molar-refractivity contribution in [1.29, 1.82) is 0 Å². The average molecular weight is 279 g/mol. The summed E-state index contributed by atoms with van der Waals surface area (Å²) < 4.78 is 38.3. The summed E-state index contributed by atoms with van der Waals surface area (Å²) >= 11 is 0. The topological polar surface area (TPSA) is 32.3 Å². The Labute approximate surface area is 112 Å². The van der Waals surface area contributed by atoms with Crippen molar-refractivity contribution >= 4 is 0 Å². The third kappa shape index (κ3) is 4.09. The Hall–Kier alpha value is -0.290. The number of nitrogens with one attached hydrogen (secondary N) is 1. The van der Waals surface area contributed by atoms with E-state index in [2.05, 4.69) is 5.32 Å². The molecule has 2 aliphatic carbocycles. The number of aliphatic hydroxyl groups excluding tert-OH is 1. The van der Waals surface area contributed by atoms with Gasteiger partial charge in [0.15, 0.2) is 0 Å². The minimum absolute atomic E-state index is 0.0301. The molecule has 0 radical (unpaired) electrons. The zero-order chi connectivity index (χ0) is 13.9. The van der Waals surface area contributed by atoms with Gasteiger partial charge in [0.1, 0.15) is 0 Å². The van der Waals surface area contributed by atoms with Crippen LogP contribution >= 0.6 is 0 Å². The minimum Gasteiger partial charge on any atom is -0.396 e. The van der Waals surface area contributed by atoms with Gasteiger partial charge in [-0.25, -0.2) is 0 Å². The van der Waals surface area contributed by atoms with Crippen LogP contribution in [0.25, 0.3) is 0 Å². The third-order valence-corrected chi connectivity index (χ3v) is 4.73. The molecule has 5 heteroatoms. The maximum absolute atomic E-state index is 12.8. The Kier molecular flexibility index (Phi) is 5.12. The SMILES string of the molecule is OCC1CCCCC1NC1CCCC(C(F)(F)F)C1. The van der Waals surface area contributed by atoms with Gasteiger partial charge in [-0.3, -0.25) is 0 Å². The van der Waals surface area contributed by atoms with Gasteiger partial charge in [-0.2, -0.15) is 13.2 Å². The van der Waals surface area contributed by atoms with Gasteiger partial charge in [-0.1, -0.05) is 19.3 Å². The van der Waals surface area contributed by atoms with E-state index in [9.17, 15) is 18.3 Å². The second-order valence-electron chi connectivity index (χ2n) is 6.10. The maximum atomic E-state index is 12.8. The molecule has 0 aromatic carbocycles. The number of halogens is 3. The predicted octanol–water partition coefficient (Wildman–Crippen LogP) is 3.25. The minimum atomic E-state index is -4.05. The molecule has 2 N–H and O–H groups in total. The highest BCUT2D eigenvalue weighted by atomic mass is 19.4. The zero-order valence-electron chi connectivity index (χ0n) is 11.3. The number of hydrogen-bond acceptors (Lipinski definition) is 2. The second kappa shape index (κ2) is 6.44. The van der Waals surface area contributed by atoms with Crippen LogP contribution in [0.1, 0.15) is 51.4 Å². The van der Waals surface area contributed by atoms with Crippen LogP contribution in [0.15, 0.2) is 0 Å². The molecule has 0 heterocycles. The molecule has 2 nitrogen and oxygen atoms in total. The Bertz CT molecular complexity index is 282. The smallest absolute Gasteiger partial charge is 0.391 e. The van der Waals surface area contributed by atoms with Crippen LogP contribution in [0.3, 0.4) is 0 Å². The van der Waals surface area contributed by atoms with Crippen molar-refractivity contribution in [2.24, 2.45) is 11.8 Å². The Morgan fingerprint density at radius 1 is 1.00 bits per heavy atom. The molecule has 0 aliphatic heterocycles. The molecular formula is C14H24F3NO. The first-order valence-corrected chi connectivity index (χ1v) is 7.44. The Balaban J connectivity index is 1.87. The lowest BCUT2D eigenvalue weighted by Crippen LogP contribution is -2.48. The first kappa shape index (κ1) is 15.1. The molecule has 112 valence electrons. The normalized spacial score (nSPS) is 37.3. The van der Waals surface area contributed by atoms with E-state index < -0.39 is 12.1 Å². The van der Waals surface area contributed by atoms with Crippen LogP contribution in [0.5, 0.6) is 0 Å². The quantitative estimate of drug-likeness (QED) is 0.831. The van der Waals surface area contributed by atoms with E-state index in [1.807, 2.05) is 0 Å². The zero-order valence-corrected chi connectivity index (χ0v) is 11.3. The summed E-state index contributed by atoms with van der Waals surface area (Å²) in [6.07, 6.45) is 2.13. The van der Waals surface area contributed by atoms with Crippen LogP contribution in [0, 0.1) is 11.8 Å². The molecule has 2 saturated carbocycles. The number of aliphatic hydroxyl groups is 1. The van der Waals surface area contributed by atoms with Crippen LogP contribution in [0.4, 0.5) is 13.2 Å². The first-order chi connectivity index (χ1) is 9.00. The van der Waals surface area contributed by atoms with Gasteiger partial charge < -0.3 is 10.4 Å². The van der Waals surface area contributed by atoms with Gasteiger partial charge in [0.25, 0.3) is 0 Å². The molecule has 0 aromatic heterocycles. The monoisotopic (exact) mass is 279 g/mol. The first-order valence-electron chi connectivity index (χ1n) is 7.44. The summed E-state index contributed by atoms with van der Waals surface area (Å²) in [6.45, 7) is 0.146. The van der Waals surface area contributed by atoms with Crippen LogP contribution in [-0.4, -0.2) is 30.0 Å². The van der Waals surface area contributed by atoms with Gasteiger partial charge in [0.2, 0.25) is 0 Å². The van der Waals surface area contributed by atoms with Gasteiger partial charge in [-0.05, 0) is 38.0 Å². The Morgan fingerprint density at radius 2 is 1.74 bits per heavy atom. The van der Waals surface area contributed by atoms with Gasteiger partial charge >= 0.3 is 6.18 Å². The highest BCUT2D eigenvalue weighted by Gasteiger charge is 2.42. The molecule has 2 rings (SSSR count). The fraction of sp³-hybridized carbons (Fsp3) is 1.00. The summed E-state index contributed by atoms with van der Waals surface area (Å²) in [4.78, 5) is 0. The maximum Gasteiger partial charge on any atom is 0.391 e. The summed E-state index contributed by atoms with van der Waals surface area (Å²) in [7, 11) is 0. The van der Waals surface area contributed by atoms with Crippen molar-refractivity contribution in [2.45, 2.75) is 69.6 Å². The summed E-state index contributed by atoms with van der Waals surface area (Å²) in [5.74, 6) is -0.921. The van der Waals surface area contributed by atoms with Crippen LogP contribution in [0.2, 0.25) is 0 Å². The standard InChI is InChI=1S/C14H24F3NO/c15-14(16,17)11-5-3-6-12(8-11)18-13-7-2-1-4-10(13)9-19/h10-13,18-19H,1-9H2. The fourth-order valence-corrected chi connectivity index (χ4v) is 3.59. The summed E-state index contributed by atoms with van der Waals surface area (Å²) in [5.41, 5.74) is 0. The second-order valence-corrected chi connectivity index (χ2v) is 6.10. The van der Waals surface area contributed by atoms with Gasteiger partial charge in [0, 0.05) is 18.7 Å². The van der Waals surface area contributed by atoms with Crippen molar-refractivity contribution in [3.8, 4) is 0 Å². The van der Waals surface area contributed by atoms with Gasteiger partial charge in [-0.15, -0.1) is 0 Å². The van der Waals surface area contributed by atoms with E-state index in [1.54, 1.807) is 0 Å². The lowest BCUT2D eigenvalue weighted by Gasteiger charge is -2.38. The van der Waals surface area contributed by atoms with E-state index >= 15 is 0 Å². The number of rotatable bonds is 3. The fourth-order valence-electron chi connectivity index (χ4n) is 3.59. The third-order valence-electron chi connectivity index (χ3n) is 4.73. The summed E-state index contributed by atoms with van der Waals surface area (Å²) in [5, 5.41) is 12.8. The number of alkyl halides is 3. The largest absolute Gasteiger partial charge is 0.396 e. The molecule has 2 fully saturated rings. The van der Waals surface area contributed by atoms with E-state index in [1.165, 1.54) is 0 Å². The van der Waals surface area contributed by atoms with Gasteiger partial charge in [0.05, 0.1) is 5.92 Å². The molecule has 4 atom stereocenters. The van der Waals surface area contributed by atoms with Crippen molar-refractivity contribution in [2.75, 3.05) is 6.61 Å². The van der Waals surface area contributed by atoms with Crippen molar-refractivity contribution < 1.29 is 18.3 Å². The van der Waals surface area contributed by atoms with E-state index in [4.69, 9.17) is 0 Å². The lowest BCUT2D eigenvalue weighted by atomic mass is 9.81. The average Bonchev–Trinajstić information content (AvgIpc) is 2.39. The molecular weight excluding hydrogens is 255 g/mol. The van der Waals surface area contributed by atoms with Crippen LogP contribution < -0.4 is 5.32 Å². The van der Waals surface area contributed by atoms with E-state index in [0.717, 1.165) is 32.1 Å². The number of hydrogen-bond donors (Lipinski definition) is 2.